The fraction of sp³-hybridized carbons (Fsp3) is 0.167. The molecule has 0 N–H and O–H groups in total. The van der Waals surface area contributed by atoms with E-state index in [0.717, 1.165) is 4.31 Å². The van der Waals surface area contributed by atoms with Crippen LogP contribution in [0.3, 0.4) is 0 Å². The van der Waals surface area contributed by atoms with Crippen LogP contribution in [0, 0.1) is 11.3 Å². The first-order chi connectivity index (χ1) is 10.0. The van der Waals surface area contributed by atoms with Gasteiger partial charge in [0.2, 0.25) is 0 Å². The summed E-state index contributed by atoms with van der Waals surface area (Å²) in [7, 11) is -3.81. The molecule has 1 aromatic heterocycles. The summed E-state index contributed by atoms with van der Waals surface area (Å²) in [5.41, 5.74) is 0.175. The number of sulfonamides is 1. The van der Waals surface area contributed by atoms with Crippen LogP contribution >= 0.6 is 0 Å². The number of aromatic nitrogens is 3. The molecule has 21 heavy (non-hydrogen) atoms. The lowest BCUT2D eigenvalue weighted by molar-refractivity contribution is 0.0867. The average molecular weight is 303 g/mol. The van der Waals surface area contributed by atoms with Crippen LogP contribution < -0.4 is 0 Å². The lowest BCUT2D eigenvalue weighted by atomic mass is 10.2. The van der Waals surface area contributed by atoms with E-state index in [1.807, 2.05) is 0 Å². The summed E-state index contributed by atoms with van der Waals surface area (Å²) in [5, 5.41) is 12.4. The molecule has 0 saturated carbocycles. The molecule has 8 nitrogen and oxygen atoms in total. The largest absolute Gasteiger partial charge is 0.269 e. The minimum absolute atomic E-state index is 0.00566. The molecule has 2 heterocycles. The highest BCUT2D eigenvalue weighted by Crippen LogP contribution is 2.29. The summed E-state index contributed by atoms with van der Waals surface area (Å²) in [4.78, 5) is 15.9. The van der Waals surface area contributed by atoms with Crippen LogP contribution in [-0.4, -0.2) is 39.9 Å². The summed E-state index contributed by atoms with van der Waals surface area (Å²) >= 11 is 0. The number of hydrogen-bond donors (Lipinski definition) is 0. The highest BCUT2D eigenvalue weighted by molar-refractivity contribution is 7.90. The normalized spacial score (nSPS) is 15.8. The molecule has 0 atom stereocenters. The molecule has 0 spiro atoms. The van der Waals surface area contributed by atoms with Gasteiger partial charge in [0.05, 0.1) is 18.7 Å². The van der Waals surface area contributed by atoms with E-state index in [1.54, 1.807) is 18.2 Å². The Morgan fingerprint density at radius 1 is 1.24 bits per heavy atom. The average Bonchev–Trinajstić information content (AvgIpc) is 3.01. The molecule has 9 heteroatoms. The SMILES string of the molecule is N#Cc1ncn(CCN2C(=O)c3ccccc3S2(=O)=O)n1. The number of nitriles is 1. The van der Waals surface area contributed by atoms with Crippen LogP contribution in [0.15, 0.2) is 35.5 Å². The molecule has 2 aromatic rings. The van der Waals surface area contributed by atoms with Gasteiger partial charge in [-0.3, -0.25) is 4.79 Å². The van der Waals surface area contributed by atoms with Gasteiger partial charge in [0.1, 0.15) is 17.3 Å². The van der Waals surface area contributed by atoms with Gasteiger partial charge in [0.15, 0.2) is 0 Å². The Balaban J connectivity index is 1.84. The summed E-state index contributed by atoms with van der Waals surface area (Å²) in [5.74, 6) is -0.555. The molecule has 0 fully saturated rings. The van der Waals surface area contributed by atoms with E-state index in [-0.39, 0.29) is 29.4 Å². The first kappa shape index (κ1) is 13.3. The number of rotatable bonds is 3. The second kappa shape index (κ2) is 4.68. The van der Waals surface area contributed by atoms with E-state index in [0.29, 0.717) is 0 Å². The number of benzene rings is 1. The Labute approximate surface area is 120 Å². The first-order valence-electron chi connectivity index (χ1n) is 5.99. The maximum Gasteiger partial charge on any atom is 0.269 e. The van der Waals surface area contributed by atoms with Crippen LogP contribution in [0.25, 0.3) is 0 Å². The van der Waals surface area contributed by atoms with Gasteiger partial charge >= 0.3 is 0 Å². The molecule has 1 amide bonds. The molecule has 0 unspecified atom stereocenters. The van der Waals surface area contributed by atoms with Gasteiger partial charge in [0.25, 0.3) is 21.8 Å². The molecule has 3 rings (SSSR count). The van der Waals surface area contributed by atoms with E-state index in [4.69, 9.17) is 5.26 Å². The number of carbonyl (C=O) groups is 1. The lowest BCUT2D eigenvalue weighted by Crippen LogP contribution is -2.33. The molecule has 0 aliphatic carbocycles. The molecular weight excluding hydrogens is 294 g/mol. The molecule has 1 aliphatic heterocycles. The van der Waals surface area contributed by atoms with Crippen molar-refractivity contribution in [1.29, 1.82) is 5.26 Å². The van der Waals surface area contributed by atoms with E-state index in [2.05, 4.69) is 10.1 Å². The third-order valence-electron chi connectivity index (χ3n) is 3.08. The topological polar surface area (TPSA) is 109 Å². The van der Waals surface area contributed by atoms with Crippen molar-refractivity contribution < 1.29 is 13.2 Å². The number of hydrogen-bond acceptors (Lipinski definition) is 6. The summed E-state index contributed by atoms with van der Waals surface area (Å²) in [6.07, 6.45) is 1.32. The molecular formula is C12H9N5O3S. The fourth-order valence-electron chi connectivity index (χ4n) is 2.10. The number of nitrogens with zero attached hydrogens (tertiary/aromatic N) is 5. The van der Waals surface area contributed by atoms with Crippen LogP contribution in [0.4, 0.5) is 0 Å². The summed E-state index contributed by atoms with van der Waals surface area (Å²) < 4.78 is 26.7. The van der Waals surface area contributed by atoms with Crippen LogP contribution in [0.1, 0.15) is 16.2 Å². The predicted octanol–water partition coefficient (Wildman–Crippen LogP) is -0.00552. The molecule has 1 aromatic carbocycles. The van der Waals surface area contributed by atoms with Gasteiger partial charge < -0.3 is 0 Å². The summed E-state index contributed by atoms with van der Waals surface area (Å²) in [6.45, 7) is 0.0672. The van der Waals surface area contributed by atoms with Crippen molar-refractivity contribution in [2.45, 2.75) is 11.4 Å². The molecule has 106 valence electrons. The standard InChI is InChI=1S/C12H9N5O3S/c13-7-11-14-8-16(15-11)5-6-17-12(18)9-3-1-2-4-10(9)21(17,19)20/h1-4,8H,5-6H2. The van der Waals surface area contributed by atoms with E-state index in [9.17, 15) is 13.2 Å². The van der Waals surface area contributed by atoms with Gasteiger partial charge in [-0.25, -0.2) is 22.4 Å². The Hall–Kier alpha value is -2.73. The number of fused-ring (bicyclic) bond motifs is 1. The first-order valence-corrected chi connectivity index (χ1v) is 7.43. The maximum atomic E-state index is 12.3. The van der Waals surface area contributed by atoms with Gasteiger partial charge in [-0.2, -0.15) is 5.26 Å². The maximum absolute atomic E-state index is 12.3. The predicted molar refractivity (Wildman–Crippen MR) is 69.4 cm³/mol. The van der Waals surface area contributed by atoms with Crippen LogP contribution in [0.2, 0.25) is 0 Å². The molecule has 0 radical (unpaired) electrons. The van der Waals surface area contributed by atoms with Crippen molar-refractivity contribution in [3.63, 3.8) is 0 Å². The Bertz CT molecular complexity index is 865. The van der Waals surface area contributed by atoms with Crippen molar-refractivity contribution in [3.8, 4) is 6.07 Å². The minimum atomic E-state index is -3.81. The van der Waals surface area contributed by atoms with Crippen molar-refractivity contribution in [3.05, 3.63) is 42.0 Å². The second-order valence-electron chi connectivity index (χ2n) is 4.32. The van der Waals surface area contributed by atoms with E-state index < -0.39 is 15.9 Å². The smallest absolute Gasteiger partial charge is 0.268 e. The minimum Gasteiger partial charge on any atom is -0.268 e. The molecule has 0 bridgehead atoms. The van der Waals surface area contributed by atoms with Gasteiger partial charge in [-0.05, 0) is 12.1 Å². The number of amides is 1. The third-order valence-corrected chi connectivity index (χ3v) is 4.92. The highest BCUT2D eigenvalue weighted by Gasteiger charge is 2.40. The Morgan fingerprint density at radius 2 is 2.00 bits per heavy atom. The summed E-state index contributed by atoms with van der Waals surface area (Å²) in [6, 6.07) is 7.86. The Kier molecular flexibility index (Phi) is 2.95. The second-order valence-corrected chi connectivity index (χ2v) is 6.15. The van der Waals surface area contributed by atoms with Gasteiger partial charge in [-0.15, -0.1) is 5.10 Å². The van der Waals surface area contributed by atoms with Crippen molar-refractivity contribution >= 4 is 15.9 Å². The van der Waals surface area contributed by atoms with E-state index >= 15 is 0 Å². The van der Waals surface area contributed by atoms with Crippen LogP contribution in [-0.2, 0) is 16.6 Å². The zero-order valence-corrected chi connectivity index (χ0v) is 11.5. The molecule has 1 aliphatic rings. The number of carbonyl (C=O) groups excluding carboxylic acids is 1. The zero-order valence-electron chi connectivity index (χ0n) is 10.7. The van der Waals surface area contributed by atoms with Crippen LogP contribution in [0.5, 0.6) is 0 Å². The lowest BCUT2D eigenvalue weighted by Gasteiger charge is -2.14. The monoisotopic (exact) mass is 303 g/mol. The van der Waals surface area contributed by atoms with E-state index in [1.165, 1.54) is 23.1 Å². The zero-order chi connectivity index (χ0) is 15.0. The highest BCUT2D eigenvalue weighted by atomic mass is 32.2. The van der Waals surface area contributed by atoms with Gasteiger partial charge in [-0.1, -0.05) is 12.1 Å². The third kappa shape index (κ3) is 2.05. The van der Waals surface area contributed by atoms with Gasteiger partial charge in [0, 0.05) is 0 Å². The Morgan fingerprint density at radius 3 is 2.67 bits per heavy atom. The van der Waals surface area contributed by atoms with Crippen molar-refractivity contribution in [1.82, 2.24) is 19.1 Å². The fourth-order valence-corrected chi connectivity index (χ4v) is 3.66. The molecule has 0 saturated heterocycles. The van der Waals surface area contributed by atoms with Crippen molar-refractivity contribution in [2.24, 2.45) is 0 Å². The van der Waals surface area contributed by atoms with Crippen molar-refractivity contribution in [2.75, 3.05) is 6.54 Å². The quantitative estimate of drug-likeness (QED) is 0.789.